The average Bonchev–Trinajstić information content (AvgIpc) is 2.92. The molecule has 120 valence electrons. The van der Waals surface area contributed by atoms with Crippen LogP contribution in [-0.2, 0) is 13.2 Å². The summed E-state index contributed by atoms with van der Waals surface area (Å²) in [5.41, 5.74) is 7.38. The van der Waals surface area contributed by atoms with Crippen molar-refractivity contribution in [3.05, 3.63) is 64.1 Å². The molecule has 3 aromatic rings. The van der Waals surface area contributed by atoms with E-state index in [1.54, 1.807) is 6.20 Å². The van der Waals surface area contributed by atoms with Crippen LogP contribution in [0.1, 0.15) is 33.5 Å². The van der Waals surface area contributed by atoms with Crippen LogP contribution in [0.15, 0.2) is 30.6 Å². The number of aliphatic hydroxyl groups excluding tert-OH is 1. The van der Waals surface area contributed by atoms with Gasteiger partial charge in [0.15, 0.2) is 11.4 Å². The normalized spacial score (nSPS) is 11.2. The number of hydrogen-bond donors (Lipinski definition) is 1. The second-order valence-corrected chi connectivity index (χ2v) is 6.03. The molecule has 23 heavy (non-hydrogen) atoms. The van der Waals surface area contributed by atoms with Crippen LogP contribution in [-0.4, -0.2) is 14.5 Å². The Morgan fingerprint density at radius 3 is 2.43 bits per heavy atom. The Labute approximate surface area is 136 Å². The van der Waals surface area contributed by atoms with Crippen molar-refractivity contribution in [1.29, 1.82) is 0 Å². The predicted molar refractivity (Wildman–Crippen MR) is 90.8 cm³/mol. The molecular formula is C19H22N2O2. The van der Waals surface area contributed by atoms with Gasteiger partial charge in [-0.2, -0.15) is 0 Å². The average molecular weight is 310 g/mol. The Morgan fingerprint density at radius 2 is 1.78 bits per heavy atom. The minimum absolute atomic E-state index is 0.0417. The molecule has 0 spiro atoms. The van der Waals surface area contributed by atoms with Crippen LogP contribution in [0, 0.1) is 27.7 Å². The number of fused-ring (bicyclic) bond motifs is 1. The van der Waals surface area contributed by atoms with Crippen molar-refractivity contribution in [2.24, 2.45) is 0 Å². The van der Waals surface area contributed by atoms with Crippen LogP contribution >= 0.6 is 0 Å². The first-order valence-electron chi connectivity index (χ1n) is 7.77. The number of ether oxygens (including phenoxy) is 1. The molecule has 0 unspecified atom stereocenters. The molecule has 0 amide bonds. The Bertz CT molecular complexity index is 845. The zero-order valence-electron chi connectivity index (χ0n) is 14.1. The van der Waals surface area contributed by atoms with E-state index >= 15 is 0 Å². The van der Waals surface area contributed by atoms with Crippen molar-refractivity contribution in [3.63, 3.8) is 0 Å². The number of benzene rings is 1. The van der Waals surface area contributed by atoms with Crippen LogP contribution < -0.4 is 4.74 Å². The zero-order chi connectivity index (χ0) is 16.6. The van der Waals surface area contributed by atoms with Gasteiger partial charge in [-0.25, -0.2) is 4.98 Å². The van der Waals surface area contributed by atoms with E-state index in [-0.39, 0.29) is 6.61 Å². The maximum absolute atomic E-state index is 9.45. The van der Waals surface area contributed by atoms with E-state index in [4.69, 9.17) is 4.74 Å². The lowest BCUT2D eigenvalue weighted by molar-refractivity contribution is 0.275. The first-order chi connectivity index (χ1) is 11.0. The maximum atomic E-state index is 9.45. The number of nitrogens with zero attached hydrogens (tertiary/aromatic N) is 2. The number of rotatable bonds is 4. The highest BCUT2D eigenvalue weighted by molar-refractivity contribution is 5.60. The van der Waals surface area contributed by atoms with Gasteiger partial charge < -0.3 is 9.84 Å². The molecule has 1 aromatic carbocycles. The summed E-state index contributed by atoms with van der Waals surface area (Å²) < 4.78 is 8.08. The van der Waals surface area contributed by atoms with Gasteiger partial charge in [0.25, 0.3) is 0 Å². The van der Waals surface area contributed by atoms with Crippen LogP contribution in [0.4, 0.5) is 0 Å². The smallest absolute Gasteiger partial charge is 0.180 e. The third-order valence-electron chi connectivity index (χ3n) is 4.50. The van der Waals surface area contributed by atoms with Crippen LogP contribution in [0.2, 0.25) is 0 Å². The summed E-state index contributed by atoms with van der Waals surface area (Å²) in [6.07, 6.45) is 3.69. The number of aliphatic hydroxyl groups is 1. The Hall–Kier alpha value is -2.33. The van der Waals surface area contributed by atoms with E-state index in [1.807, 2.05) is 24.4 Å². The van der Waals surface area contributed by atoms with E-state index in [2.05, 4.69) is 37.0 Å². The van der Waals surface area contributed by atoms with Crippen LogP contribution in [0.5, 0.6) is 5.75 Å². The van der Waals surface area contributed by atoms with E-state index in [1.165, 1.54) is 16.7 Å². The van der Waals surface area contributed by atoms with Gasteiger partial charge in [-0.15, -0.1) is 0 Å². The fraction of sp³-hybridized carbons (Fsp3) is 0.316. The van der Waals surface area contributed by atoms with Crippen molar-refractivity contribution >= 4 is 5.65 Å². The molecule has 2 aromatic heterocycles. The van der Waals surface area contributed by atoms with Crippen molar-refractivity contribution in [3.8, 4) is 5.75 Å². The molecule has 0 aliphatic carbocycles. The Balaban J connectivity index is 2.03. The summed E-state index contributed by atoms with van der Waals surface area (Å²) in [4.78, 5) is 4.43. The first kappa shape index (κ1) is 15.6. The monoisotopic (exact) mass is 310 g/mol. The van der Waals surface area contributed by atoms with E-state index in [0.29, 0.717) is 6.61 Å². The summed E-state index contributed by atoms with van der Waals surface area (Å²) in [6, 6.07) is 6.26. The summed E-state index contributed by atoms with van der Waals surface area (Å²) in [7, 11) is 0. The minimum Gasteiger partial charge on any atom is -0.485 e. The molecule has 0 aliphatic rings. The summed E-state index contributed by atoms with van der Waals surface area (Å²) in [5.74, 6) is 0.785. The van der Waals surface area contributed by atoms with Gasteiger partial charge in [0.2, 0.25) is 0 Å². The third kappa shape index (κ3) is 2.70. The van der Waals surface area contributed by atoms with E-state index in [0.717, 1.165) is 28.2 Å². The molecule has 1 N–H and O–H groups in total. The van der Waals surface area contributed by atoms with Gasteiger partial charge >= 0.3 is 0 Å². The second kappa shape index (κ2) is 6.05. The van der Waals surface area contributed by atoms with Crippen molar-refractivity contribution in [2.45, 2.75) is 40.9 Å². The highest BCUT2D eigenvalue weighted by Crippen LogP contribution is 2.29. The van der Waals surface area contributed by atoms with E-state index < -0.39 is 0 Å². The lowest BCUT2D eigenvalue weighted by Crippen LogP contribution is -2.05. The van der Waals surface area contributed by atoms with Crippen LogP contribution in [0.3, 0.4) is 0 Å². The summed E-state index contributed by atoms with van der Waals surface area (Å²) in [5, 5.41) is 9.45. The van der Waals surface area contributed by atoms with Gasteiger partial charge in [0.05, 0.1) is 18.5 Å². The highest BCUT2D eigenvalue weighted by Gasteiger charge is 2.14. The van der Waals surface area contributed by atoms with Crippen molar-refractivity contribution in [1.82, 2.24) is 9.38 Å². The first-order valence-corrected chi connectivity index (χ1v) is 7.77. The molecular weight excluding hydrogens is 288 g/mol. The molecule has 3 rings (SSSR count). The molecule has 2 heterocycles. The SMILES string of the molecule is Cc1cn2c(CO)cnc2c(OCc2c(C)cccc2C)c1C. The van der Waals surface area contributed by atoms with Gasteiger partial charge in [0.1, 0.15) is 6.61 Å². The summed E-state index contributed by atoms with van der Waals surface area (Å²) in [6.45, 7) is 8.76. The number of aromatic nitrogens is 2. The van der Waals surface area contributed by atoms with Crippen LogP contribution in [0.25, 0.3) is 5.65 Å². The molecule has 0 atom stereocenters. The lowest BCUT2D eigenvalue weighted by Gasteiger charge is -2.15. The largest absolute Gasteiger partial charge is 0.485 e. The molecule has 0 radical (unpaired) electrons. The summed E-state index contributed by atoms with van der Waals surface area (Å²) >= 11 is 0. The maximum Gasteiger partial charge on any atom is 0.180 e. The Morgan fingerprint density at radius 1 is 1.09 bits per heavy atom. The molecule has 4 nitrogen and oxygen atoms in total. The lowest BCUT2D eigenvalue weighted by atomic mass is 10.0. The fourth-order valence-electron chi connectivity index (χ4n) is 2.86. The van der Waals surface area contributed by atoms with Gasteiger partial charge in [-0.3, -0.25) is 4.40 Å². The number of pyridine rings is 1. The van der Waals surface area contributed by atoms with Gasteiger partial charge in [-0.1, -0.05) is 18.2 Å². The standard InChI is InChI=1S/C19H22N2O2/c1-12-6-5-7-13(2)17(12)11-23-18-15(4)14(3)9-21-16(10-22)8-20-19(18)21/h5-9,22H,10-11H2,1-4H3. The third-order valence-corrected chi connectivity index (χ3v) is 4.50. The van der Waals surface area contributed by atoms with E-state index in [9.17, 15) is 5.11 Å². The molecule has 0 aliphatic heterocycles. The number of imidazole rings is 1. The van der Waals surface area contributed by atoms with Gasteiger partial charge in [0, 0.05) is 6.20 Å². The number of hydrogen-bond acceptors (Lipinski definition) is 3. The topological polar surface area (TPSA) is 46.8 Å². The highest BCUT2D eigenvalue weighted by atomic mass is 16.5. The molecule has 4 heteroatoms. The zero-order valence-corrected chi connectivity index (χ0v) is 14.1. The molecule has 0 saturated carbocycles. The Kier molecular flexibility index (Phi) is 4.09. The molecule has 0 saturated heterocycles. The molecule has 0 bridgehead atoms. The fourth-order valence-corrected chi connectivity index (χ4v) is 2.86. The number of aryl methyl sites for hydroxylation is 3. The van der Waals surface area contributed by atoms with Crippen molar-refractivity contribution < 1.29 is 9.84 Å². The molecule has 0 fully saturated rings. The van der Waals surface area contributed by atoms with Crippen molar-refractivity contribution in [2.75, 3.05) is 0 Å². The second-order valence-electron chi connectivity index (χ2n) is 6.03. The quantitative estimate of drug-likeness (QED) is 0.800. The van der Waals surface area contributed by atoms with Gasteiger partial charge in [-0.05, 0) is 55.5 Å². The predicted octanol–water partition coefficient (Wildman–Crippen LogP) is 3.64. The minimum atomic E-state index is -0.0417.